The number of benzene rings is 1. The Morgan fingerprint density at radius 3 is 2.67 bits per heavy atom. The lowest BCUT2D eigenvalue weighted by molar-refractivity contribution is -0.138. The lowest BCUT2D eigenvalue weighted by Crippen LogP contribution is -2.47. The number of aliphatic carboxylic acids is 1. The van der Waals surface area contributed by atoms with Crippen molar-refractivity contribution in [1.29, 1.82) is 0 Å². The van der Waals surface area contributed by atoms with Crippen molar-refractivity contribution in [2.24, 2.45) is 0 Å². The molecule has 2 amide bonds. The Kier molecular flexibility index (Phi) is 6.33. The Balaban J connectivity index is 1.65. The molecule has 2 saturated heterocycles. The Bertz CT molecular complexity index is 737. The maximum atomic E-state index is 13.6. The molecule has 9 heteroatoms. The van der Waals surface area contributed by atoms with Crippen molar-refractivity contribution < 1.29 is 23.4 Å². The molecule has 2 aliphatic rings. The average molecular weight is 395 g/mol. The van der Waals surface area contributed by atoms with Crippen molar-refractivity contribution >= 4 is 35.6 Å². The van der Waals surface area contributed by atoms with Gasteiger partial charge >= 0.3 is 5.97 Å². The van der Waals surface area contributed by atoms with E-state index in [9.17, 15) is 18.3 Å². The third kappa shape index (κ3) is 4.98. The molecule has 7 nitrogen and oxygen atoms in total. The zero-order chi connectivity index (χ0) is 19.4. The third-order valence-electron chi connectivity index (χ3n) is 5.06. The second-order valence-corrected chi connectivity index (χ2v) is 7.52. The lowest BCUT2D eigenvalue weighted by atomic mass is 9.89. The number of anilines is 1. The summed E-state index contributed by atoms with van der Waals surface area (Å²) in [5.74, 6) is -1.30. The van der Waals surface area contributed by atoms with Crippen molar-refractivity contribution in [3.05, 3.63) is 23.8 Å². The summed E-state index contributed by atoms with van der Waals surface area (Å²) >= 11 is 0.176. The van der Waals surface area contributed by atoms with Gasteiger partial charge in [0, 0.05) is 17.0 Å². The first kappa shape index (κ1) is 19.6. The van der Waals surface area contributed by atoms with Crippen molar-refractivity contribution in [2.75, 3.05) is 25.0 Å². The van der Waals surface area contributed by atoms with E-state index in [4.69, 9.17) is 5.11 Å². The summed E-state index contributed by atoms with van der Waals surface area (Å²) in [7, 11) is 0. The van der Waals surface area contributed by atoms with Crippen LogP contribution >= 0.6 is 12.1 Å². The first-order valence-corrected chi connectivity index (χ1v) is 9.65. The Morgan fingerprint density at radius 2 is 2.04 bits per heavy atom. The molecule has 0 radical (unpaired) electrons. The van der Waals surface area contributed by atoms with Gasteiger partial charge in [-0.1, -0.05) is 6.07 Å². The first-order chi connectivity index (χ1) is 13.0. The Labute approximate surface area is 161 Å². The van der Waals surface area contributed by atoms with Gasteiger partial charge in [-0.05, 0) is 56.0 Å². The fourth-order valence-corrected chi connectivity index (χ4v) is 4.15. The van der Waals surface area contributed by atoms with Crippen LogP contribution in [0.1, 0.15) is 37.2 Å². The number of hydrogen-bond donors (Lipinski definition) is 3. The third-order valence-corrected chi connectivity index (χ3v) is 5.58. The summed E-state index contributed by atoms with van der Waals surface area (Å²) in [4.78, 5) is 36.3. The number of nitrogens with one attached hydrogen (secondary N) is 2. The molecule has 2 aliphatic heterocycles. The zero-order valence-corrected chi connectivity index (χ0v) is 15.6. The molecule has 27 heavy (non-hydrogen) atoms. The van der Waals surface area contributed by atoms with Gasteiger partial charge in [-0.3, -0.25) is 24.6 Å². The van der Waals surface area contributed by atoms with Gasteiger partial charge in [-0.15, -0.1) is 0 Å². The second-order valence-electron chi connectivity index (χ2n) is 6.92. The van der Waals surface area contributed by atoms with Crippen LogP contribution in [0.25, 0.3) is 0 Å². The van der Waals surface area contributed by atoms with Crippen molar-refractivity contribution in [1.82, 2.24) is 10.2 Å². The van der Waals surface area contributed by atoms with Gasteiger partial charge in [0.1, 0.15) is 6.04 Å². The molecule has 2 fully saturated rings. The van der Waals surface area contributed by atoms with Gasteiger partial charge < -0.3 is 10.4 Å². The fourth-order valence-electron chi connectivity index (χ4n) is 3.65. The minimum absolute atomic E-state index is 0.0340. The summed E-state index contributed by atoms with van der Waals surface area (Å²) < 4.78 is 13.6. The minimum atomic E-state index is -0.836. The van der Waals surface area contributed by atoms with Crippen molar-refractivity contribution in [3.63, 3.8) is 0 Å². The highest BCUT2D eigenvalue weighted by Gasteiger charge is 2.27. The molecule has 0 aliphatic carbocycles. The van der Waals surface area contributed by atoms with Crippen LogP contribution in [0.2, 0.25) is 0 Å². The highest BCUT2D eigenvalue weighted by atomic mass is 32.2. The number of hydrogen-bond acceptors (Lipinski definition) is 6. The average Bonchev–Trinajstić information content (AvgIpc) is 2.64. The van der Waals surface area contributed by atoms with Gasteiger partial charge in [0.2, 0.25) is 11.8 Å². The number of imide groups is 1. The lowest BCUT2D eigenvalue weighted by Gasteiger charge is -2.31. The molecule has 0 spiro atoms. The van der Waals surface area contributed by atoms with E-state index >= 15 is 0 Å². The van der Waals surface area contributed by atoms with E-state index in [1.54, 1.807) is 6.07 Å². The van der Waals surface area contributed by atoms with Gasteiger partial charge in [0.25, 0.3) is 0 Å². The topological polar surface area (TPSA) is 98.7 Å². The molecule has 2 heterocycles. The molecule has 146 valence electrons. The molecule has 1 atom stereocenters. The van der Waals surface area contributed by atoms with Crippen LogP contribution in [0, 0.1) is 0 Å². The predicted molar refractivity (Wildman–Crippen MR) is 99.3 cm³/mol. The summed E-state index contributed by atoms with van der Waals surface area (Å²) in [6.07, 6.45) is 2.25. The minimum Gasteiger partial charge on any atom is -0.480 e. The van der Waals surface area contributed by atoms with Gasteiger partial charge in [0.05, 0.1) is 18.7 Å². The van der Waals surface area contributed by atoms with E-state index in [0.29, 0.717) is 30.1 Å². The number of carbonyl (C=O) groups excluding carboxylic acids is 2. The quantitative estimate of drug-likeness (QED) is 0.635. The predicted octanol–water partition coefficient (Wildman–Crippen LogP) is 2.14. The molecule has 3 rings (SSSR count). The summed E-state index contributed by atoms with van der Waals surface area (Å²) in [5.41, 5.74) is 1.54. The van der Waals surface area contributed by atoms with Crippen LogP contribution in [-0.4, -0.2) is 53.5 Å². The molecule has 0 aromatic heterocycles. The van der Waals surface area contributed by atoms with Gasteiger partial charge in [-0.2, -0.15) is 3.89 Å². The number of likely N-dealkylation sites (tertiary alicyclic amines) is 1. The van der Waals surface area contributed by atoms with Gasteiger partial charge in [0.15, 0.2) is 0 Å². The standard InChI is InChI=1S/C18H22FN3O4S/c19-27-15-9-12(20-14-3-4-16(23)21-18(14)26)1-2-13(15)11-5-7-22(8-6-11)10-17(24)25/h1-2,9,11,14,20H,3-8,10H2,(H,24,25)(H,21,23,26). The first-order valence-electron chi connectivity index (χ1n) is 8.93. The van der Waals surface area contributed by atoms with E-state index in [1.165, 1.54) is 0 Å². The van der Waals surface area contributed by atoms with Crippen LogP contribution < -0.4 is 10.6 Å². The number of carboxylic acids is 1. The summed E-state index contributed by atoms with van der Waals surface area (Å²) in [6.45, 7) is 1.37. The molecular weight excluding hydrogens is 373 g/mol. The number of halogens is 1. The van der Waals surface area contributed by atoms with E-state index in [-0.39, 0.29) is 42.8 Å². The van der Waals surface area contributed by atoms with Gasteiger partial charge in [-0.25, -0.2) is 0 Å². The second kappa shape index (κ2) is 8.71. The SMILES string of the molecule is O=C(O)CN1CCC(c2ccc(NC3CCC(=O)NC3=O)cc2SF)CC1. The zero-order valence-electron chi connectivity index (χ0n) is 14.7. The number of rotatable bonds is 6. The molecule has 0 bridgehead atoms. The molecular formula is C18H22FN3O4S. The maximum absolute atomic E-state index is 13.6. The normalized spacial score (nSPS) is 21.7. The van der Waals surface area contributed by atoms with Crippen molar-refractivity contribution in [3.8, 4) is 0 Å². The van der Waals surface area contributed by atoms with E-state index in [2.05, 4.69) is 10.6 Å². The highest BCUT2D eigenvalue weighted by molar-refractivity contribution is 7.94. The molecule has 1 aromatic carbocycles. The Morgan fingerprint density at radius 1 is 1.30 bits per heavy atom. The summed E-state index contributed by atoms with van der Waals surface area (Å²) in [5, 5.41) is 14.2. The van der Waals surface area contributed by atoms with Crippen molar-refractivity contribution in [2.45, 2.75) is 42.5 Å². The number of nitrogens with zero attached hydrogens (tertiary/aromatic N) is 1. The monoisotopic (exact) mass is 395 g/mol. The number of amides is 2. The molecule has 1 unspecified atom stereocenters. The largest absolute Gasteiger partial charge is 0.480 e. The highest BCUT2D eigenvalue weighted by Crippen LogP contribution is 2.37. The molecule has 1 aromatic rings. The number of carbonyl (C=O) groups is 3. The Hall–Kier alpha value is -2.13. The van der Waals surface area contributed by atoms with Crippen LogP contribution in [0.4, 0.5) is 9.57 Å². The number of carboxylic acid groups (broad SMARTS) is 1. The van der Waals surface area contributed by atoms with Crippen LogP contribution in [0.5, 0.6) is 0 Å². The molecule has 3 N–H and O–H groups in total. The maximum Gasteiger partial charge on any atom is 0.317 e. The van der Waals surface area contributed by atoms with E-state index in [0.717, 1.165) is 18.4 Å². The summed E-state index contributed by atoms with van der Waals surface area (Å²) in [6, 6.07) is 4.87. The van der Waals surface area contributed by atoms with Crippen LogP contribution in [-0.2, 0) is 14.4 Å². The van der Waals surface area contributed by atoms with E-state index in [1.807, 2.05) is 17.0 Å². The fraction of sp³-hybridized carbons (Fsp3) is 0.500. The molecule has 0 saturated carbocycles. The number of piperidine rings is 2. The van der Waals surface area contributed by atoms with Crippen LogP contribution in [0.3, 0.4) is 0 Å². The van der Waals surface area contributed by atoms with Crippen LogP contribution in [0.15, 0.2) is 23.1 Å². The van der Waals surface area contributed by atoms with E-state index < -0.39 is 12.0 Å². The smallest absolute Gasteiger partial charge is 0.317 e.